The van der Waals surface area contributed by atoms with Gasteiger partial charge in [0.05, 0.1) is 26.4 Å². The van der Waals surface area contributed by atoms with Gasteiger partial charge in [-0.25, -0.2) is 9.13 Å². The van der Waals surface area contributed by atoms with Crippen LogP contribution in [0.2, 0.25) is 0 Å². The number of carbonyl (C=O) groups excluding carboxylic acids is 4. The van der Waals surface area contributed by atoms with Crippen LogP contribution in [-0.4, -0.2) is 96.7 Å². The van der Waals surface area contributed by atoms with Crippen LogP contribution in [0, 0.1) is 0 Å². The van der Waals surface area contributed by atoms with E-state index in [0.29, 0.717) is 25.7 Å². The Bertz CT molecular complexity index is 1880. The van der Waals surface area contributed by atoms with Gasteiger partial charge < -0.3 is 33.8 Å². The lowest BCUT2D eigenvalue weighted by Gasteiger charge is -2.21. The van der Waals surface area contributed by atoms with Gasteiger partial charge in [-0.3, -0.25) is 37.3 Å². The third kappa shape index (κ3) is 74.1. The highest BCUT2D eigenvalue weighted by molar-refractivity contribution is 7.47. The molecule has 0 fully saturated rings. The molecule has 0 radical (unpaired) electrons. The summed E-state index contributed by atoms with van der Waals surface area (Å²) in [7, 11) is -9.91. The molecule has 0 aliphatic rings. The topological polar surface area (TPSA) is 237 Å². The van der Waals surface area contributed by atoms with Gasteiger partial charge in [0, 0.05) is 25.7 Å². The van der Waals surface area contributed by atoms with Gasteiger partial charge in [0.25, 0.3) is 0 Å². The highest BCUT2D eigenvalue weighted by Gasteiger charge is 2.30. The van der Waals surface area contributed by atoms with Gasteiger partial charge >= 0.3 is 39.5 Å². The third-order valence-electron chi connectivity index (χ3n) is 18.9. The Kier molecular flexibility index (Phi) is 72.9. The van der Waals surface area contributed by atoms with Crippen LogP contribution in [0.25, 0.3) is 0 Å². The van der Waals surface area contributed by atoms with Gasteiger partial charge in [0.1, 0.15) is 19.3 Å². The number of hydrogen-bond donors (Lipinski definition) is 3. The van der Waals surface area contributed by atoms with Gasteiger partial charge in [0.15, 0.2) is 12.2 Å². The SMILES string of the molecule is CCCCCCCCCCCCCCCCCCCCCCCC(=O)O[C@H](COC(=O)CCCCCCCCCCCCCCCCCCCCC)COP(=O)(O)OC[C@@H](O)COP(=O)(O)OC[C@@H](COC(=O)CCCCCCCCCC)OC(=O)CCCCCCCCCCCCC. The Balaban J connectivity index is 5.16. The molecule has 0 aromatic carbocycles. The molecule has 0 spiro atoms. The van der Waals surface area contributed by atoms with E-state index in [-0.39, 0.29) is 25.7 Å². The van der Waals surface area contributed by atoms with Gasteiger partial charge in [-0.05, 0) is 25.7 Å². The minimum absolute atomic E-state index is 0.107. The lowest BCUT2D eigenvalue weighted by Crippen LogP contribution is -2.30. The monoisotopic (exact) mass is 1450 g/mol. The van der Waals surface area contributed by atoms with E-state index < -0.39 is 97.5 Å². The summed E-state index contributed by atoms with van der Waals surface area (Å²) < 4.78 is 68.6. The zero-order chi connectivity index (χ0) is 72.5. The number of hydrogen-bond acceptors (Lipinski definition) is 15. The van der Waals surface area contributed by atoms with Gasteiger partial charge in [-0.15, -0.1) is 0 Å². The molecular formula is C80H156O17P2. The van der Waals surface area contributed by atoms with E-state index in [0.717, 1.165) is 89.9 Å². The molecular weight excluding hydrogens is 1290 g/mol. The summed E-state index contributed by atoms with van der Waals surface area (Å²) in [6.45, 7) is 4.98. The number of ether oxygens (including phenoxy) is 4. The van der Waals surface area contributed by atoms with Crippen molar-refractivity contribution in [2.75, 3.05) is 39.6 Å². The number of esters is 4. The van der Waals surface area contributed by atoms with Crippen molar-refractivity contribution in [2.24, 2.45) is 0 Å². The first-order chi connectivity index (χ1) is 48.2. The van der Waals surface area contributed by atoms with E-state index in [9.17, 15) is 43.2 Å². The van der Waals surface area contributed by atoms with Crippen molar-refractivity contribution in [1.82, 2.24) is 0 Å². The van der Waals surface area contributed by atoms with Crippen molar-refractivity contribution < 1.29 is 80.2 Å². The Morgan fingerprint density at radius 2 is 0.404 bits per heavy atom. The van der Waals surface area contributed by atoms with Crippen LogP contribution in [0.15, 0.2) is 0 Å². The maximum atomic E-state index is 13.1. The van der Waals surface area contributed by atoms with Crippen LogP contribution in [-0.2, 0) is 65.4 Å². The molecule has 0 aromatic rings. The summed E-state index contributed by atoms with van der Waals surface area (Å²) >= 11 is 0. The molecule has 99 heavy (non-hydrogen) atoms. The number of phosphoric ester groups is 2. The third-order valence-corrected chi connectivity index (χ3v) is 20.8. The van der Waals surface area contributed by atoms with E-state index >= 15 is 0 Å². The van der Waals surface area contributed by atoms with Gasteiger partial charge in [0.2, 0.25) is 0 Å². The van der Waals surface area contributed by atoms with Crippen molar-refractivity contribution in [1.29, 1.82) is 0 Å². The molecule has 17 nitrogen and oxygen atoms in total. The fourth-order valence-electron chi connectivity index (χ4n) is 12.5. The second-order valence-electron chi connectivity index (χ2n) is 28.8. The van der Waals surface area contributed by atoms with E-state index in [1.54, 1.807) is 0 Å². The molecule has 0 aliphatic heterocycles. The van der Waals surface area contributed by atoms with Crippen LogP contribution in [0.1, 0.15) is 432 Å². The van der Waals surface area contributed by atoms with Gasteiger partial charge in [-0.2, -0.15) is 0 Å². The second-order valence-corrected chi connectivity index (χ2v) is 31.7. The minimum atomic E-state index is -4.96. The predicted molar refractivity (Wildman–Crippen MR) is 405 cm³/mol. The first-order valence-corrected chi connectivity index (χ1v) is 44.8. The number of aliphatic hydroxyl groups is 1. The van der Waals surface area contributed by atoms with Crippen LogP contribution >= 0.6 is 15.6 Å². The summed E-state index contributed by atoms with van der Waals surface area (Å²) in [6, 6.07) is 0. The molecule has 0 bridgehead atoms. The van der Waals surface area contributed by atoms with Crippen LogP contribution in [0.3, 0.4) is 0 Å². The number of rotatable bonds is 81. The molecule has 0 rings (SSSR count). The molecule has 0 saturated carbocycles. The fraction of sp³-hybridized carbons (Fsp3) is 0.950. The van der Waals surface area contributed by atoms with Crippen LogP contribution in [0.5, 0.6) is 0 Å². The van der Waals surface area contributed by atoms with E-state index in [1.165, 1.54) is 263 Å². The standard InChI is InChI=1S/C80H156O17P2/c1-5-9-13-17-21-25-28-30-32-34-36-37-39-41-43-45-48-51-55-59-63-67-80(85)97-76(71-91-78(83)65-61-57-53-49-47-44-42-40-38-35-33-31-29-26-22-18-14-10-6-2)73-95-99(88,89)93-69-74(81)68-92-98(86,87)94-72-75(70-90-77(82)64-60-56-52-24-20-16-12-8-4)96-79(84)66-62-58-54-50-46-27-23-19-15-11-7-3/h74-76,81H,5-73H2,1-4H3,(H,86,87)(H,88,89)/t74-,75+,76+/m0/s1. The maximum absolute atomic E-state index is 13.1. The smallest absolute Gasteiger partial charge is 0.462 e. The molecule has 0 aliphatic carbocycles. The van der Waals surface area contributed by atoms with Crippen molar-refractivity contribution in [2.45, 2.75) is 451 Å². The number of phosphoric acid groups is 2. The molecule has 0 heterocycles. The predicted octanol–water partition coefficient (Wildman–Crippen LogP) is 24.2. The number of unbranched alkanes of at least 4 members (excludes halogenated alkanes) is 55. The van der Waals surface area contributed by atoms with Gasteiger partial charge in [-0.1, -0.05) is 381 Å². The average molecular weight is 1450 g/mol. The van der Waals surface area contributed by atoms with Crippen molar-refractivity contribution in [3.8, 4) is 0 Å². The van der Waals surface area contributed by atoms with Crippen molar-refractivity contribution in [3.05, 3.63) is 0 Å². The zero-order valence-corrected chi connectivity index (χ0v) is 66.3. The molecule has 5 atom stereocenters. The number of carbonyl (C=O) groups is 4. The normalized spacial score (nSPS) is 13.8. The van der Waals surface area contributed by atoms with E-state index in [4.69, 9.17) is 37.0 Å². The first kappa shape index (κ1) is 97.1. The minimum Gasteiger partial charge on any atom is -0.462 e. The molecule has 0 aromatic heterocycles. The fourth-order valence-corrected chi connectivity index (χ4v) is 14.0. The van der Waals surface area contributed by atoms with Crippen LogP contribution in [0.4, 0.5) is 0 Å². The Labute approximate surface area is 607 Å². The summed E-state index contributed by atoms with van der Waals surface area (Å²) in [5, 5.41) is 10.6. The second kappa shape index (κ2) is 74.3. The van der Waals surface area contributed by atoms with E-state index in [2.05, 4.69) is 27.7 Å². The summed E-state index contributed by atoms with van der Waals surface area (Å²) in [4.78, 5) is 72.8. The largest absolute Gasteiger partial charge is 0.472 e. The maximum Gasteiger partial charge on any atom is 0.472 e. The zero-order valence-electron chi connectivity index (χ0n) is 64.5. The van der Waals surface area contributed by atoms with Crippen molar-refractivity contribution in [3.63, 3.8) is 0 Å². The summed E-state index contributed by atoms with van der Waals surface area (Å²) in [5.74, 6) is -2.11. The highest BCUT2D eigenvalue weighted by Crippen LogP contribution is 2.45. The quantitative estimate of drug-likeness (QED) is 0.0222. The lowest BCUT2D eigenvalue weighted by molar-refractivity contribution is -0.161. The molecule has 3 N–H and O–H groups in total. The Morgan fingerprint density at radius 1 is 0.242 bits per heavy atom. The molecule has 19 heteroatoms. The van der Waals surface area contributed by atoms with E-state index in [1.807, 2.05) is 0 Å². The van der Waals surface area contributed by atoms with Crippen LogP contribution < -0.4 is 0 Å². The van der Waals surface area contributed by atoms with Crippen molar-refractivity contribution >= 4 is 39.5 Å². The Morgan fingerprint density at radius 3 is 0.596 bits per heavy atom. The number of aliphatic hydroxyl groups excluding tert-OH is 1. The highest BCUT2D eigenvalue weighted by atomic mass is 31.2. The lowest BCUT2D eigenvalue weighted by atomic mass is 10.0. The Hall–Kier alpha value is -1.94. The summed E-state index contributed by atoms with van der Waals surface area (Å²) in [6.07, 6.45) is 66.8. The average Bonchev–Trinajstić information content (AvgIpc) is 1.58. The molecule has 2 unspecified atom stereocenters. The first-order valence-electron chi connectivity index (χ1n) is 41.8. The summed E-state index contributed by atoms with van der Waals surface area (Å²) in [5.41, 5.74) is 0. The molecule has 0 saturated heterocycles. The molecule has 588 valence electrons. The molecule has 0 amide bonds.